The van der Waals surface area contributed by atoms with Crippen LogP contribution in [0.25, 0.3) is 0 Å². The Morgan fingerprint density at radius 1 is 1.35 bits per heavy atom. The molecule has 3 rings (SSSR count). The predicted octanol–water partition coefficient (Wildman–Crippen LogP) is 4.24. The van der Waals surface area contributed by atoms with Gasteiger partial charge in [0.2, 0.25) is 5.91 Å². The summed E-state index contributed by atoms with van der Waals surface area (Å²) in [5, 5.41) is 3.75. The van der Waals surface area contributed by atoms with Crippen molar-refractivity contribution in [1.29, 1.82) is 0 Å². The molecule has 1 N–H and O–H groups in total. The molecule has 0 saturated carbocycles. The highest BCUT2D eigenvalue weighted by Crippen LogP contribution is 2.35. The fourth-order valence-corrected chi connectivity index (χ4v) is 4.12. The minimum absolute atomic E-state index is 0.0164. The molecule has 2 aromatic carbocycles. The number of rotatable bonds is 4. The Morgan fingerprint density at radius 2 is 2.17 bits per heavy atom. The number of amides is 1. The normalized spacial score (nSPS) is 16.5. The van der Waals surface area contributed by atoms with Gasteiger partial charge < -0.3 is 10.1 Å². The van der Waals surface area contributed by atoms with E-state index in [0.29, 0.717) is 10.8 Å². The first-order chi connectivity index (χ1) is 11.2. The Balaban J connectivity index is 1.73. The van der Waals surface area contributed by atoms with Gasteiger partial charge in [0, 0.05) is 21.2 Å². The van der Waals surface area contributed by atoms with Crippen molar-refractivity contribution < 1.29 is 9.53 Å². The molecule has 1 atom stereocenters. The van der Waals surface area contributed by atoms with Crippen LogP contribution in [0.5, 0.6) is 5.75 Å². The number of ether oxygens (including phenoxy) is 1. The molecule has 23 heavy (non-hydrogen) atoms. The van der Waals surface area contributed by atoms with Gasteiger partial charge in [0.05, 0.1) is 19.6 Å². The summed E-state index contributed by atoms with van der Waals surface area (Å²) in [6, 6.07) is 13.7. The van der Waals surface area contributed by atoms with Gasteiger partial charge in [0.25, 0.3) is 0 Å². The summed E-state index contributed by atoms with van der Waals surface area (Å²) in [6.45, 7) is 0. The van der Waals surface area contributed by atoms with E-state index >= 15 is 0 Å². The summed E-state index contributed by atoms with van der Waals surface area (Å²) in [6.07, 6.45) is 1.20. The SMILES string of the molecule is COc1ccc(Cl)cc1CC(=O)NC1CCSc2ccccc21. The van der Waals surface area contributed by atoms with Crippen molar-refractivity contribution in [3.63, 3.8) is 0 Å². The Bertz CT molecular complexity index is 720. The van der Waals surface area contributed by atoms with Crippen LogP contribution in [0.15, 0.2) is 47.4 Å². The van der Waals surface area contributed by atoms with Crippen molar-refractivity contribution >= 4 is 29.3 Å². The number of carbonyl (C=O) groups excluding carboxylic acids is 1. The average Bonchev–Trinajstić information content (AvgIpc) is 2.55. The van der Waals surface area contributed by atoms with Gasteiger partial charge in [-0.2, -0.15) is 0 Å². The number of benzene rings is 2. The number of carbonyl (C=O) groups is 1. The fraction of sp³-hybridized carbons (Fsp3) is 0.278. The summed E-state index contributed by atoms with van der Waals surface area (Å²) in [5.41, 5.74) is 2.01. The van der Waals surface area contributed by atoms with Crippen LogP contribution in [0.4, 0.5) is 0 Å². The van der Waals surface area contributed by atoms with E-state index in [1.807, 2.05) is 23.9 Å². The maximum atomic E-state index is 12.5. The van der Waals surface area contributed by atoms with E-state index in [-0.39, 0.29) is 18.4 Å². The Kier molecular flexibility index (Phi) is 5.13. The molecule has 0 aromatic heterocycles. The van der Waals surface area contributed by atoms with E-state index in [9.17, 15) is 4.79 Å². The second-order valence-electron chi connectivity index (χ2n) is 5.43. The van der Waals surface area contributed by atoms with E-state index < -0.39 is 0 Å². The third-order valence-corrected chi connectivity index (χ3v) is 5.24. The van der Waals surface area contributed by atoms with E-state index in [1.165, 1.54) is 10.5 Å². The summed E-state index contributed by atoms with van der Waals surface area (Å²) in [7, 11) is 1.60. The quantitative estimate of drug-likeness (QED) is 0.898. The summed E-state index contributed by atoms with van der Waals surface area (Å²) in [4.78, 5) is 13.7. The first-order valence-electron chi connectivity index (χ1n) is 7.51. The van der Waals surface area contributed by atoms with Crippen molar-refractivity contribution in [3.8, 4) is 5.75 Å². The van der Waals surface area contributed by atoms with E-state index in [0.717, 1.165) is 17.7 Å². The number of fused-ring (bicyclic) bond motifs is 1. The van der Waals surface area contributed by atoms with Gasteiger partial charge >= 0.3 is 0 Å². The molecule has 1 aliphatic rings. The number of thioether (sulfide) groups is 1. The highest BCUT2D eigenvalue weighted by Gasteiger charge is 2.22. The van der Waals surface area contributed by atoms with Gasteiger partial charge in [-0.3, -0.25) is 4.79 Å². The van der Waals surface area contributed by atoms with E-state index in [4.69, 9.17) is 16.3 Å². The van der Waals surface area contributed by atoms with Crippen LogP contribution < -0.4 is 10.1 Å². The minimum atomic E-state index is -0.0164. The van der Waals surface area contributed by atoms with Crippen LogP contribution in [0, 0.1) is 0 Å². The maximum absolute atomic E-state index is 12.5. The molecule has 0 radical (unpaired) electrons. The summed E-state index contributed by atoms with van der Waals surface area (Å²) in [5.74, 6) is 1.68. The number of halogens is 1. The van der Waals surface area contributed by atoms with Crippen LogP contribution in [-0.2, 0) is 11.2 Å². The molecule has 3 nitrogen and oxygen atoms in total. The molecule has 1 heterocycles. The highest BCUT2D eigenvalue weighted by molar-refractivity contribution is 7.99. The van der Waals surface area contributed by atoms with Gasteiger partial charge in [-0.25, -0.2) is 0 Å². The van der Waals surface area contributed by atoms with E-state index in [2.05, 4.69) is 17.4 Å². The second kappa shape index (κ2) is 7.28. The third kappa shape index (κ3) is 3.82. The zero-order valence-electron chi connectivity index (χ0n) is 12.8. The number of nitrogens with one attached hydrogen (secondary N) is 1. The largest absolute Gasteiger partial charge is 0.496 e. The van der Waals surface area contributed by atoms with Crippen LogP contribution in [0.2, 0.25) is 5.02 Å². The number of methoxy groups -OCH3 is 1. The lowest BCUT2D eigenvalue weighted by Crippen LogP contribution is -2.31. The molecule has 0 spiro atoms. The minimum Gasteiger partial charge on any atom is -0.496 e. The van der Waals surface area contributed by atoms with Crippen LogP contribution >= 0.6 is 23.4 Å². The van der Waals surface area contributed by atoms with Gasteiger partial charge in [0.15, 0.2) is 0 Å². The average molecular weight is 348 g/mol. The van der Waals surface area contributed by atoms with Crippen LogP contribution in [0.1, 0.15) is 23.6 Å². The third-order valence-electron chi connectivity index (χ3n) is 3.89. The number of hydrogen-bond donors (Lipinski definition) is 1. The molecule has 5 heteroatoms. The standard InChI is InChI=1S/C18H18ClNO2S/c1-22-16-7-6-13(19)10-12(16)11-18(21)20-15-8-9-23-17-5-3-2-4-14(15)17/h2-7,10,15H,8-9,11H2,1H3,(H,20,21). The molecule has 0 saturated heterocycles. The number of hydrogen-bond acceptors (Lipinski definition) is 3. The Morgan fingerprint density at radius 3 is 3.00 bits per heavy atom. The van der Waals surface area contributed by atoms with Crippen molar-refractivity contribution in [3.05, 3.63) is 58.6 Å². The Labute approximate surface area is 145 Å². The molecular formula is C18H18ClNO2S. The molecule has 0 aliphatic carbocycles. The van der Waals surface area contributed by atoms with Crippen molar-refractivity contribution in [1.82, 2.24) is 5.32 Å². The summed E-state index contributed by atoms with van der Waals surface area (Å²) < 4.78 is 5.31. The lowest BCUT2D eigenvalue weighted by Gasteiger charge is -2.26. The first-order valence-corrected chi connectivity index (χ1v) is 8.87. The molecule has 1 aliphatic heterocycles. The molecule has 2 aromatic rings. The second-order valence-corrected chi connectivity index (χ2v) is 7.00. The molecule has 0 fully saturated rings. The maximum Gasteiger partial charge on any atom is 0.225 e. The fourth-order valence-electron chi connectivity index (χ4n) is 2.80. The predicted molar refractivity (Wildman–Crippen MR) is 94.4 cm³/mol. The molecule has 1 amide bonds. The van der Waals surface area contributed by atoms with Crippen molar-refractivity contribution in [2.75, 3.05) is 12.9 Å². The van der Waals surface area contributed by atoms with Crippen molar-refractivity contribution in [2.24, 2.45) is 0 Å². The smallest absolute Gasteiger partial charge is 0.225 e. The first kappa shape index (κ1) is 16.2. The van der Waals surface area contributed by atoms with Gasteiger partial charge in [-0.1, -0.05) is 29.8 Å². The zero-order chi connectivity index (χ0) is 16.2. The molecule has 0 bridgehead atoms. The van der Waals surface area contributed by atoms with Gasteiger partial charge in [-0.15, -0.1) is 11.8 Å². The Hall–Kier alpha value is -1.65. The molecule has 1 unspecified atom stereocenters. The van der Waals surface area contributed by atoms with E-state index in [1.54, 1.807) is 25.3 Å². The monoisotopic (exact) mass is 347 g/mol. The highest BCUT2D eigenvalue weighted by atomic mass is 35.5. The van der Waals surface area contributed by atoms with Gasteiger partial charge in [-0.05, 0) is 36.2 Å². The van der Waals surface area contributed by atoms with Gasteiger partial charge in [0.1, 0.15) is 5.75 Å². The summed E-state index contributed by atoms with van der Waals surface area (Å²) >= 11 is 7.87. The zero-order valence-corrected chi connectivity index (χ0v) is 14.4. The van der Waals surface area contributed by atoms with Crippen LogP contribution in [0.3, 0.4) is 0 Å². The van der Waals surface area contributed by atoms with Crippen molar-refractivity contribution in [2.45, 2.75) is 23.8 Å². The lowest BCUT2D eigenvalue weighted by atomic mass is 10.0. The molecular weight excluding hydrogens is 330 g/mol. The lowest BCUT2D eigenvalue weighted by molar-refractivity contribution is -0.121. The topological polar surface area (TPSA) is 38.3 Å². The van der Waals surface area contributed by atoms with Crippen LogP contribution in [-0.4, -0.2) is 18.8 Å². The molecule has 120 valence electrons.